The maximum Gasteiger partial charge on any atom is 0.277 e. The van der Waals surface area contributed by atoms with Crippen LogP contribution in [0.1, 0.15) is 33.0 Å². The summed E-state index contributed by atoms with van der Waals surface area (Å²) in [4.78, 5) is 18.8. The van der Waals surface area contributed by atoms with E-state index in [0.29, 0.717) is 5.69 Å². The summed E-state index contributed by atoms with van der Waals surface area (Å²) < 4.78 is 0. The van der Waals surface area contributed by atoms with Gasteiger partial charge in [0.25, 0.3) is 5.91 Å². The minimum absolute atomic E-state index is 0.0274. The Kier molecular flexibility index (Phi) is 3.11. The molecule has 1 amide bonds. The number of aromatic nitrogens is 1. The summed E-state index contributed by atoms with van der Waals surface area (Å²) >= 11 is 1.52. The predicted octanol–water partition coefficient (Wildman–Crippen LogP) is 3.35. The average molecular weight is 272 g/mol. The molecule has 0 spiro atoms. The van der Waals surface area contributed by atoms with Crippen LogP contribution in [0.3, 0.4) is 0 Å². The van der Waals surface area contributed by atoms with Gasteiger partial charge in [-0.1, -0.05) is 18.2 Å². The molecule has 4 heteroatoms. The van der Waals surface area contributed by atoms with E-state index in [2.05, 4.69) is 30.1 Å². The molecule has 19 heavy (non-hydrogen) atoms. The first kappa shape index (κ1) is 12.4. The third kappa shape index (κ3) is 2.16. The first-order valence-electron chi connectivity index (χ1n) is 6.49. The fraction of sp³-hybridized carbons (Fsp3) is 0.333. The van der Waals surface area contributed by atoms with Crippen molar-refractivity contribution in [3.8, 4) is 0 Å². The Morgan fingerprint density at radius 3 is 2.95 bits per heavy atom. The molecule has 3 rings (SSSR count). The van der Waals surface area contributed by atoms with Crippen LogP contribution in [0.25, 0.3) is 0 Å². The number of nitrogens with zero attached hydrogens (tertiary/aromatic N) is 2. The number of benzene rings is 1. The molecule has 0 fully saturated rings. The maximum atomic E-state index is 12.6. The molecule has 2 aromatic rings. The summed E-state index contributed by atoms with van der Waals surface area (Å²) in [6.07, 6.45) is 2.07. The summed E-state index contributed by atoms with van der Waals surface area (Å²) in [6.45, 7) is 4.78. The first-order valence-corrected chi connectivity index (χ1v) is 7.37. The molecule has 0 aliphatic carbocycles. The lowest BCUT2D eigenvalue weighted by molar-refractivity contribution is 0.0980. The highest BCUT2D eigenvalue weighted by Crippen LogP contribution is 2.31. The number of hydrogen-bond donors (Lipinski definition) is 0. The smallest absolute Gasteiger partial charge is 0.277 e. The van der Waals surface area contributed by atoms with Gasteiger partial charge in [-0.15, -0.1) is 11.3 Å². The van der Waals surface area contributed by atoms with E-state index in [-0.39, 0.29) is 5.91 Å². The molecule has 1 aromatic heterocycles. The zero-order chi connectivity index (χ0) is 13.4. The molecule has 3 nitrogen and oxygen atoms in total. The van der Waals surface area contributed by atoms with E-state index in [1.807, 2.05) is 17.2 Å². The Labute approximate surface area is 116 Å². The van der Waals surface area contributed by atoms with Gasteiger partial charge in [-0.25, -0.2) is 4.98 Å². The van der Waals surface area contributed by atoms with Crippen molar-refractivity contribution in [3.05, 3.63) is 45.4 Å². The number of rotatable bonds is 1. The first-order chi connectivity index (χ1) is 9.16. The molecule has 0 radical (unpaired) electrons. The second-order valence-electron chi connectivity index (χ2n) is 4.89. The van der Waals surface area contributed by atoms with Crippen LogP contribution in [0.15, 0.2) is 23.6 Å². The number of anilines is 1. The number of fused-ring (bicyclic) bond motifs is 1. The standard InChI is InChI=1S/C15H16N2OS/c1-10-5-3-6-12-7-4-8-17(14(10)12)15(18)13-9-19-11(2)16-13/h3,5-6,9H,4,7-8H2,1-2H3. The molecular weight excluding hydrogens is 256 g/mol. The van der Waals surface area contributed by atoms with Crippen molar-refractivity contribution in [2.75, 3.05) is 11.4 Å². The molecule has 98 valence electrons. The normalized spacial score (nSPS) is 14.3. The Hall–Kier alpha value is -1.68. The van der Waals surface area contributed by atoms with Crippen LogP contribution in [-0.4, -0.2) is 17.4 Å². The topological polar surface area (TPSA) is 33.2 Å². The molecule has 1 aliphatic heterocycles. The Bertz CT molecular complexity index is 633. The fourth-order valence-corrected chi connectivity index (χ4v) is 3.24. The van der Waals surface area contributed by atoms with Gasteiger partial charge in [0.1, 0.15) is 5.69 Å². The van der Waals surface area contributed by atoms with E-state index >= 15 is 0 Å². The highest BCUT2D eigenvalue weighted by Gasteiger charge is 2.26. The van der Waals surface area contributed by atoms with Gasteiger partial charge in [0.15, 0.2) is 0 Å². The molecule has 0 saturated carbocycles. The van der Waals surface area contributed by atoms with Crippen molar-refractivity contribution in [3.63, 3.8) is 0 Å². The third-order valence-corrected chi connectivity index (χ3v) is 4.28. The monoisotopic (exact) mass is 272 g/mol. The lowest BCUT2D eigenvalue weighted by Gasteiger charge is -2.30. The van der Waals surface area contributed by atoms with Crippen molar-refractivity contribution in [1.29, 1.82) is 0 Å². The fourth-order valence-electron chi connectivity index (χ4n) is 2.65. The van der Waals surface area contributed by atoms with Crippen LogP contribution in [0.5, 0.6) is 0 Å². The van der Waals surface area contributed by atoms with E-state index in [1.54, 1.807) is 0 Å². The van der Waals surface area contributed by atoms with Gasteiger partial charge in [-0.3, -0.25) is 4.79 Å². The second-order valence-corrected chi connectivity index (χ2v) is 5.96. The van der Waals surface area contributed by atoms with Gasteiger partial charge in [0, 0.05) is 11.9 Å². The number of carbonyl (C=O) groups excluding carboxylic acids is 1. The molecule has 0 N–H and O–H groups in total. The highest BCUT2D eigenvalue weighted by atomic mass is 32.1. The number of aryl methyl sites for hydroxylation is 3. The lowest BCUT2D eigenvalue weighted by atomic mass is 9.98. The summed E-state index contributed by atoms with van der Waals surface area (Å²) in [5.41, 5.74) is 4.09. The van der Waals surface area contributed by atoms with Gasteiger partial charge >= 0.3 is 0 Å². The summed E-state index contributed by atoms with van der Waals surface area (Å²) in [5, 5.41) is 2.79. The minimum Gasteiger partial charge on any atom is -0.306 e. The number of hydrogen-bond acceptors (Lipinski definition) is 3. The van der Waals surface area contributed by atoms with E-state index in [1.165, 1.54) is 16.9 Å². The van der Waals surface area contributed by atoms with Crippen molar-refractivity contribution < 1.29 is 4.79 Å². The SMILES string of the molecule is Cc1nc(C(=O)N2CCCc3cccc(C)c32)cs1. The van der Waals surface area contributed by atoms with Crippen LogP contribution in [-0.2, 0) is 6.42 Å². The molecule has 0 saturated heterocycles. The van der Waals surface area contributed by atoms with Crippen LogP contribution in [0.2, 0.25) is 0 Å². The molecule has 0 bridgehead atoms. The van der Waals surface area contributed by atoms with Gasteiger partial charge in [0.05, 0.1) is 10.7 Å². The quantitative estimate of drug-likeness (QED) is 0.797. The van der Waals surface area contributed by atoms with E-state index in [0.717, 1.165) is 35.6 Å². The number of amides is 1. The summed E-state index contributed by atoms with van der Waals surface area (Å²) in [6, 6.07) is 6.25. The lowest BCUT2D eigenvalue weighted by Crippen LogP contribution is -2.36. The maximum absolute atomic E-state index is 12.6. The van der Waals surface area contributed by atoms with Crippen molar-refractivity contribution >= 4 is 22.9 Å². The van der Waals surface area contributed by atoms with Gasteiger partial charge in [-0.2, -0.15) is 0 Å². The number of para-hydroxylation sites is 1. The van der Waals surface area contributed by atoms with Crippen LogP contribution in [0.4, 0.5) is 5.69 Å². The summed E-state index contributed by atoms with van der Waals surface area (Å²) in [5.74, 6) is 0.0274. The summed E-state index contributed by atoms with van der Waals surface area (Å²) in [7, 11) is 0. The van der Waals surface area contributed by atoms with Crippen molar-refractivity contribution in [2.45, 2.75) is 26.7 Å². The van der Waals surface area contributed by atoms with Crippen LogP contribution < -0.4 is 4.90 Å². The van der Waals surface area contributed by atoms with Crippen LogP contribution in [0, 0.1) is 13.8 Å². The Morgan fingerprint density at radius 2 is 2.21 bits per heavy atom. The largest absolute Gasteiger partial charge is 0.306 e. The van der Waals surface area contributed by atoms with Gasteiger partial charge in [0.2, 0.25) is 0 Å². The number of carbonyl (C=O) groups is 1. The van der Waals surface area contributed by atoms with E-state index in [9.17, 15) is 4.79 Å². The molecule has 1 aromatic carbocycles. The second kappa shape index (κ2) is 4.78. The zero-order valence-corrected chi connectivity index (χ0v) is 12.0. The molecular formula is C15H16N2OS. The number of thiazole rings is 1. The minimum atomic E-state index is 0.0274. The van der Waals surface area contributed by atoms with Crippen LogP contribution >= 0.6 is 11.3 Å². The Balaban J connectivity index is 2.02. The van der Waals surface area contributed by atoms with E-state index < -0.39 is 0 Å². The van der Waals surface area contributed by atoms with Crippen molar-refractivity contribution in [2.24, 2.45) is 0 Å². The third-order valence-electron chi connectivity index (χ3n) is 3.50. The molecule has 1 aliphatic rings. The predicted molar refractivity (Wildman–Crippen MR) is 78.0 cm³/mol. The zero-order valence-electron chi connectivity index (χ0n) is 11.1. The molecule has 0 unspecified atom stereocenters. The van der Waals surface area contributed by atoms with Crippen molar-refractivity contribution in [1.82, 2.24) is 4.98 Å². The molecule has 2 heterocycles. The Morgan fingerprint density at radius 1 is 1.37 bits per heavy atom. The van der Waals surface area contributed by atoms with E-state index in [4.69, 9.17) is 0 Å². The van der Waals surface area contributed by atoms with Gasteiger partial charge < -0.3 is 4.90 Å². The highest BCUT2D eigenvalue weighted by molar-refractivity contribution is 7.09. The van der Waals surface area contributed by atoms with Gasteiger partial charge in [-0.05, 0) is 37.8 Å². The molecule has 0 atom stereocenters. The average Bonchev–Trinajstić information content (AvgIpc) is 2.84.